The fraction of sp³-hybridized carbons (Fsp3) is 1.00. The molecule has 0 unspecified atom stereocenters. The molecule has 6 saturated carbocycles. The van der Waals surface area contributed by atoms with E-state index in [-0.39, 0.29) is 0 Å². The number of hydrogen-bond acceptors (Lipinski definition) is 0. The molecule has 6 aliphatic rings. The Hall–Kier alpha value is 0. The van der Waals surface area contributed by atoms with Gasteiger partial charge in [-0.3, -0.25) is 0 Å². The second-order valence-corrected chi connectivity index (χ2v) is 7.62. The SMILES string of the molecule is C1CC2C1C1CCC21.C1CC2C1C1CCC21.CC.CC. The van der Waals surface area contributed by atoms with Crippen LogP contribution in [0.2, 0.25) is 0 Å². The van der Waals surface area contributed by atoms with E-state index in [2.05, 4.69) is 0 Å². The highest BCUT2D eigenvalue weighted by atomic mass is 14.6. The summed E-state index contributed by atoms with van der Waals surface area (Å²) in [5.74, 6) is 9.95. The molecule has 0 saturated heterocycles. The van der Waals surface area contributed by atoms with Crippen molar-refractivity contribution in [1.82, 2.24) is 0 Å². The van der Waals surface area contributed by atoms with Gasteiger partial charge in [0, 0.05) is 0 Å². The molecule has 0 radical (unpaired) electrons. The molecule has 6 aliphatic carbocycles. The lowest BCUT2D eigenvalue weighted by Gasteiger charge is -2.66. The van der Waals surface area contributed by atoms with Crippen molar-refractivity contribution < 1.29 is 0 Å². The number of hydrogen-bond donors (Lipinski definition) is 0. The zero-order valence-corrected chi connectivity index (χ0v) is 14.3. The van der Waals surface area contributed by atoms with Crippen LogP contribution < -0.4 is 0 Å². The first-order valence-corrected chi connectivity index (χ1v) is 9.93. The van der Waals surface area contributed by atoms with Gasteiger partial charge >= 0.3 is 0 Å². The first-order valence-electron chi connectivity index (χ1n) is 9.93. The predicted octanol–water partition coefficient (Wildman–Crippen LogP) is 6.16. The fourth-order valence-electron chi connectivity index (χ4n) is 6.17. The zero-order chi connectivity index (χ0) is 14.3. The van der Waals surface area contributed by atoms with Crippen LogP contribution in [0.25, 0.3) is 0 Å². The van der Waals surface area contributed by atoms with Crippen LogP contribution in [0.15, 0.2) is 0 Å². The van der Waals surface area contributed by atoms with E-state index >= 15 is 0 Å². The molecule has 0 aromatic heterocycles. The van der Waals surface area contributed by atoms with Crippen molar-refractivity contribution in [3.8, 4) is 0 Å². The molecule has 0 heteroatoms. The van der Waals surface area contributed by atoms with E-state index in [4.69, 9.17) is 0 Å². The van der Waals surface area contributed by atoms with Crippen LogP contribution in [0, 0.1) is 47.3 Å². The molecule has 0 N–H and O–H groups in total. The summed E-state index contributed by atoms with van der Waals surface area (Å²) in [6.45, 7) is 8.00. The van der Waals surface area contributed by atoms with Crippen LogP contribution in [-0.2, 0) is 0 Å². The lowest BCUT2D eigenvalue weighted by Crippen LogP contribution is -2.58. The third-order valence-corrected chi connectivity index (χ3v) is 7.73. The minimum absolute atomic E-state index is 1.24. The summed E-state index contributed by atoms with van der Waals surface area (Å²) in [6, 6.07) is 0. The Labute approximate surface area is 127 Å². The average Bonchev–Trinajstić information content (AvgIpc) is 2.45. The molecular weight excluding hydrogens is 240 g/mol. The average molecular weight is 277 g/mol. The first-order chi connectivity index (χ1) is 9.93. The molecule has 0 spiro atoms. The topological polar surface area (TPSA) is 0 Å². The highest BCUT2D eigenvalue weighted by Crippen LogP contribution is 2.67. The van der Waals surface area contributed by atoms with Crippen LogP contribution in [0.1, 0.15) is 79.1 Å². The summed E-state index contributed by atoms with van der Waals surface area (Å²) >= 11 is 0. The monoisotopic (exact) mass is 276 g/mol. The van der Waals surface area contributed by atoms with Crippen LogP contribution in [0.5, 0.6) is 0 Å². The Morgan fingerprint density at radius 2 is 0.400 bits per heavy atom. The maximum atomic E-state index is 2.00. The third-order valence-electron chi connectivity index (χ3n) is 7.73. The maximum Gasteiger partial charge on any atom is -0.0352 e. The van der Waals surface area contributed by atoms with Crippen molar-refractivity contribution in [1.29, 1.82) is 0 Å². The van der Waals surface area contributed by atoms with Crippen LogP contribution in [0.3, 0.4) is 0 Å². The molecule has 20 heavy (non-hydrogen) atoms. The summed E-state index contributed by atoms with van der Waals surface area (Å²) in [4.78, 5) is 0. The fourth-order valence-corrected chi connectivity index (χ4v) is 6.17. The molecule has 0 aromatic carbocycles. The second-order valence-electron chi connectivity index (χ2n) is 7.62. The van der Waals surface area contributed by atoms with E-state index in [0.29, 0.717) is 0 Å². The van der Waals surface area contributed by atoms with Crippen molar-refractivity contribution >= 4 is 0 Å². The van der Waals surface area contributed by atoms with E-state index in [1.165, 1.54) is 47.3 Å². The van der Waals surface area contributed by atoms with Crippen molar-refractivity contribution in [3.05, 3.63) is 0 Å². The smallest absolute Gasteiger partial charge is 0.0352 e. The van der Waals surface area contributed by atoms with Crippen LogP contribution >= 0.6 is 0 Å². The Balaban J connectivity index is 0.0000000978. The molecule has 0 atom stereocenters. The number of fused-ring (bicyclic) bond motifs is 8. The summed E-state index contributed by atoms with van der Waals surface area (Å²) in [5, 5.41) is 0. The molecule has 0 aromatic rings. The minimum atomic E-state index is 1.24. The Bertz CT molecular complexity index is 208. The molecule has 6 fully saturated rings. The molecule has 0 aliphatic heterocycles. The highest BCUT2D eigenvalue weighted by Gasteiger charge is 2.59. The predicted molar refractivity (Wildman–Crippen MR) is 87.6 cm³/mol. The van der Waals surface area contributed by atoms with Gasteiger partial charge in [-0.1, -0.05) is 27.7 Å². The Morgan fingerprint density at radius 1 is 0.300 bits per heavy atom. The Morgan fingerprint density at radius 3 is 0.450 bits per heavy atom. The molecule has 0 heterocycles. The van der Waals surface area contributed by atoms with Crippen LogP contribution in [-0.4, -0.2) is 0 Å². The lowest BCUT2D eigenvalue weighted by atomic mass is 9.39. The van der Waals surface area contributed by atoms with Gasteiger partial charge in [0.05, 0.1) is 0 Å². The molecular formula is C20H36. The highest BCUT2D eigenvalue weighted by molar-refractivity contribution is 5.08. The van der Waals surface area contributed by atoms with E-state index in [0.717, 1.165) is 0 Å². The Kier molecular flexibility index (Phi) is 4.48. The maximum absolute atomic E-state index is 2.00. The summed E-state index contributed by atoms with van der Waals surface area (Å²) in [6.07, 6.45) is 12.7. The van der Waals surface area contributed by atoms with Gasteiger partial charge in [0.25, 0.3) is 0 Å². The zero-order valence-electron chi connectivity index (χ0n) is 14.3. The van der Waals surface area contributed by atoms with Gasteiger partial charge in [0.1, 0.15) is 0 Å². The summed E-state index contributed by atoms with van der Waals surface area (Å²) in [5.41, 5.74) is 0. The van der Waals surface area contributed by atoms with E-state index in [1.807, 2.05) is 27.7 Å². The van der Waals surface area contributed by atoms with Crippen molar-refractivity contribution in [2.45, 2.75) is 79.1 Å². The molecule has 6 rings (SSSR count). The quantitative estimate of drug-likeness (QED) is 0.497. The summed E-state index contributed by atoms with van der Waals surface area (Å²) in [7, 11) is 0. The van der Waals surface area contributed by atoms with Crippen LogP contribution in [0.4, 0.5) is 0 Å². The van der Waals surface area contributed by atoms with E-state index in [9.17, 15) is 0 Å². The molecule has 116 valence electrons. The summed E-state index contributed by atoms with van der Waals surface area (Å²) < 4.78 is 0. The van der Waals surface area contributed by atoms with Crippen molar-refractivity contribution in [2.75, 3.05) is 0 Å². The minimum Gasteiger partial charge on any atom is -0.0683 e. The van der Waals surface area contributed by atoms with E-state index in [1.54, 1.807) is 51.4 Å². The van der Waals surface area contributed by atoms with Gasteiger partial charge in [-0.15, -0.1) is 0 Å². The van der Waals surface area contributed by atoms with Crippen molar-refractivity contribution in [3.63, 3.8) is 0 Å². The van der Waals surface area contributed by atoms with Gasteiger partial charge in [-0.2, -0.15) is 0 Å². The standard InChI is InChI=1S/2C8H12.2C2H6/c2*1-2-6-5(1)7-3-4-8(6)7;2*1-2/h2*5-8H,1-4H2;2*1-2H3. The van der Waals surface area contributed by atoms with E-state index < -0.39 is 0 Å². The van der Waals surface area contributed by atoms with Gasteiger partial charge in [-0.25, -0.2) is 0 Å². The first kappa shape index (κ1) is 14.9. The molecule has 0 amide bonds. The second kappa shape index (κ2) is 6.01. The largest absolute Gasteiger partial charge is 0.0683 e. The van der Waals surface area contributed by atoms with Gasteiger partial charge in [-0.05, 0) is 98.7 Å². The van der Waals surface area contributed by atoms with Gasteiger partial charge in [0.15, 0.2) is 0 Å². The van der Waals surface area contributed by atoms with Gasteiger partial charge < -0.3 is 0 Å². The van der Waals surface area contributed by atoms with Crippen molar-refractivity contribution in [2.24, 2.45) is 47.3 Å². The molecule has 0 bridgehead atoms. The lowest BCUT2D eigenvalue weighted by molar-refractivity contribution is -0.165. The van der Waals surface area contributed by atoms with Gasteiger partial charge in [0.2, 0.25) is 0 Å². The molecule has 0 nitrogen and oxygen atoms in total. The normalized spacial score (nSPS) is 53.4. The number of rotatable bonds is 0. The third kappa shape index (κ3) is 1.92.